The van der Waals surface area contributed by atoms with E-state index in [-0.39, 0.29) is 0 Å². The van der Waals surface area contributed by atoms with Gasteiger partial charge in [0.05, 0.1) is 22.7 Å². The van der Waals surface area contributed by atoms with Gasteiger partial charge in [0.15, 0.2) is 23.1 Å². The van der Waals surface area contributed by atoms with Gasteiger partial charge >= 0.3 is 0 Å². The van der Waals surface area contributed by atoms with Crippen LogP contribution in [0.25, 0.3) is 33.5 Å². The van der Waals surface area contributed by atoms with Crippen LogP contribution in [0.3, 0.4) is 0 Å². The molecule has 0 bridgehead atoms. The zero-order valence-corrected chi connectivity index (χ0v) is 28.2. The first kappa shape index (κ1) is 30.4. The minimum Gasteiger partial charge on any atom is -0.453 e. The molecule has 2 aliphatic heterocycles. The summed E-state index contributed by atoms with van der Waals surface area (Å²) < 4.78 is 6.41. The van der Waals surface area contributed by atoms with Crippen LogP contribution in [-0.2, 0) is 0 Å². The van der Waals surface area contributed by atoms with Gasteiger partial charge in [-0.25, -0.2) is 29.9 Å². The molecule has 0 amide bonds. The molecule has 244 valence electrons. The average Bonchev–Trinajstić information content (AvgIpc) is 3.19. The van der Waals surface area contributed by atoms with E-state index < -0.39 is 0 Å². The van der Waals surface area contributed by atoms with Crippen LogP contribution in [0.2, 0.25) is 0 Å². The van der Waals surface area contributed by atoms with Crippen LogP contribution in [0.15, 0.2) is 163 Å². The van der Waals surface area contributed by atoms with E-state index in [4.69, 9.17) is 4.74 Å². The van der Waals surface area contributed by atoms with Crippen molar-refractivity contribution in [3.63, 3.8) is 0 Å². The standard InChI is InChI=1S/C41H28N8OS/c1-3-4-16-38-26(2)48(34-13-7-10-17-39(34)51-38)35-21-28(49-32-11-5-8-14-36(32)50-37-15-9-6-12-33(37)49)20-29-30(35)18-27(40-44-22-42-23-45-40)19-31(29)41-46-24-43-25-47-41/h3-25H,1H2,2H3/b16-4-. The van der Waals surface area contributed by atoms with E-state index >= 15 is 0 Å². The van der Waals surface area contributed by atoms with E-state index in [1.54, 1.807) is 17.8 Å². The van der Waals surface area contributed by atoms with Crippen molar-refractivity contribution in [3.8, 4) is 34.3 Å². The summed E-state index contributed by atoms with van der Waals surface area (Å²) >= 11 is 1.75. The quantitative estimate of drug-likeness (QED) is 0.158. The number of para-hydroxylation sites is 5. The number of hydrogen-bond donors (Lipinski definition) is 0. The van der Waals surface area contributed by atoms with E-state index in [2.05, 4.69) is 114 Å². The van der Waals surface area contributed by atoms with Crippen molar-refractivity contribution in [2.45, 2.75) is 11.8 Å². The van der Waals surface area contributed by atoms with Gasteiger partial charge < -0.3 is 14.5 Å². The van der Waals surface area contributed by atoms with Crippen LogP contribution in [-0.4, -0.2) is 29.9 Å². The van der Waals surface area contributed by atoms with Gasteiger partial charge in [-0.05, 0) is 79.0 Å². The van der Waals surface area contributed by atoms with Crippen LogP contribution in [0.5, 0.6) is 11.5 Å². The van der Waals surface area contributed by atoms with Crippen LogP contribution >= 0.6 is 11.8 Å². The van der Waals surface area contributed by atoms with E-state index in [9.17, 15) is 0 Å². The van der Waals surface area contributed by atoms with Gasteiger partial charge in [0.25, 0.3) is 0 Å². The summed E-state index contributed by atoms with van der Waals surface area (Å²) in [5.74, 6) is 2.62. The summed E-state index contributed by atoms with van der Waals surface area (Å²) in [6.45, 7) is 6.09. The van der Waals surface area contributed by atoms with E-state index in [0.717, 1.165) is 77.3 Å². The second-order valence-electron chi connectivity index (χ2n) is 11.8. The Morgan fingerprint density at radius 1 is 0.647 bits per heavy atom. The van der Waals surface area contributed by atoms with Gasteiger partial charge in [0, 0.05) is 37.7 Å². The Bertz CT molecular complexity index is 2490. The van der Waals surface area contributed by atoms with E-state index in [0.29, 0.717) is 11.6 Å². The van der Waals surface area contributed by atoms with Crippen LogP contribution in [0.1, 0.15) is 6.92 Å². The lowest BCUT2D eigenvalue weighted by Gasteiger charge is -2.36. The van der Waals surface area contributed by atoms with Gasteiger partial charge in [-0.1, -0.05) is 66.9 Å². The number of thioether (sulfide) groups is 1. The molecule has 10 heteroatoms. The molecule has 7 aromatic rings. The summed E-state index contributed by atoms with van der Waals surface area (Å²) in [6, 6.07) is 33.4. The minimum atomic E-state index is 0.535. The molecule has 4 heterocycles. The summed E-state index contributed by atoms with van der Waals surface area (Å²) in [5, 5.41) is 1.91. The second kappa shape index (κ2) is 12.7. The Labute approximate surface area is 298 Å². The third-order valence-corrected chi connectivity index (χ3v) is 10.1. The molecule has 9 nitrogen and oxygen atoms in total. The molecule has 9 rings (SSSR count). The van der Waals surface area contributed by atoms with Crippen LogP contribution in [0.4, 0.5) is 28.4 Å². The lowest BCUT2D eigenvalue weighted by Crippen LogP contribution is -2.21. The maximum atomic E-state index is 6.41. The lowest BCUT2D eigenvalue weighted by molar-refractivity contribution is 0.477. The first-order chi connectivity index (χ1) is 25.2. The molecule has 51 heavy (non-hydrogen) atoms. The molecular formula is C41H28N8OS. The molecular weight excluding hydrogens is 653 g/mol. The lowest BCUT2D eigenvalue weighted by atomic mass is 9.96. The van der Waals surface area contributed by atoms with Crippen molar-refractivity contribution in [2.75, 3.05) is 9.80 Å². The topological polar surface area (TPSA) is 93.1 Å². The zero-order valence-electron chi connectivity index (χ0n) is 27.4. The van der Waals surface area contributed by atoms with E-state index in [1.807, 2.05) is 48.5 Å². The smallest absolute Gasteiger partial charge is 0.163 e. The molecule has 0 radical (unpaired) electrons. The van der Waals surface area contributed by atoms with Gasteiger partial charge in [-0.2, -0.15) is 0 Å². The highest BCUT2D eigenvalue weighted by Gasteiger charge is 2.30. The third-order valence-electron chi connectivity index (χ3n) is 8.85. The summed E-state index contributed by atoms with van der Waals surface area (Å²) in [5.41, 5.74) is 7.54. The van der Waals surface area contributed by atoms with Crippen molar-refractivity contribution < 1.29 is 4.74 Å². The molecule has 0 saturated heterocycles. The van der Waals surface area contributed by atoms with Crippen molar-refractivity contribution in [1.82, 2.24) is 29.9 Å². The summed E-state index contributed by atoms with van der Waals surface area (Å²) in [4.78, 5) is 33.4. The number of nitrogens with zero attached hydrogens (tertiary/aromatic N) is 8. The van der Waals surface area contributed by atoms with Crippen molar-refractivity contribution in [1.29, 1.82) is 0 Å². The van der Waals surface area contributed by atoms with Crippen molar-refractivity contribution in [3.05, 3.63) is 158 Å². The fourth-order valence-corrected chi connectivity index (χ4v) is 7.67. The number of allylic oxidation sites excluding steroid dienone is 4. The maximum Gasteiger partial charge on any atom is 0.163 e. The highest BCUT2D eigenvalue weighted by atomic mass is 32.2. The molecule has 2 aromatic heterocycles. The number of anilines is 5. The second-order valence-corrected chi connectivity index (χ2v) is 12.9. The zero-order chi connectivity index (χ0) is 34.3. The van der Waals surface area contributed by atoms with Crippen LogP contribution in [0, 0.1) is 0 Å². The Kier molecular flexibility index (Phi) is 7.55. The van der Waals surface area contributed by atoms with Gasteiger partial charge in [-0.15, -0.1) is 0 Å². The third kappa shape index (κ3) is 5.29. The number of ether oxygens (including phenoxy) is 1. The Balaban J connectivity index is 1.42. The molecule has 0 N–H and O–H groups in total. The Hall–Kier alpha value is -6.65. The molecule has 0 unspecified atom stereocenters. The average molecular weight is 681 g/mol. The first-order valence-electron chi connectivity index (χ1n) is 16.3. The maximum absolute atomic E-state index is 6.41. The SMILES string of the molecule is C=C/C=C\C1=C(C)N(c2cc(N3c4ccccc4Oc4ccccc43)cc3c(-c4ncncn4)cc(-c4ncncn4)cc23)c2ccccc2S1. The van der Waals surface area contributed by atoms with Gasteiger partial charge in [-0.3, -0.25) is 0 Å². The fourth-order valence-electron chi connectivity index (χ4n) is 6.64. The molecule has 0 atom stereocenters. The number of fused-ring (bicyclic) bond motifs is 4. The molecule has 5 aromatic carbocycles. The normalized spacial score (nSPS) is 13.5. The molecule has 0 fully saturated rings. The van der Waals surface area contributed by atoms with Gasteiger partial charge in [0.1, 0.15) is 25.3 Å². The molecule has 2 aliphatic rings. The molecule has 0 spiro atoms. The Morgan fingerprint density at radius 2 is 1.27 bits per heavy atom. The highest BCUT2D eigenvalue weighted by Crippen LogP contribution is 2.54. The molecule has 0 saturated carbocycles. The highest BCUT2D eigenvalue weighted by molar-refractivity contribution is 8.03. The van der Waals surface area contributed by atoms with Crippen molar-refractivity contribution in [2.24, 2.45) is 0 Å². The van der Waals surface area contributed by atoms with Gasteiger partial charge in [0.2, 0.25) is 0 Å². The first-order valence-corrected chi connectivity index (χ1v) is 17.1. The summed E-state index contributed by atoms with van der Waals surface area (Å²) in [7, 11) is 0. The fraction of sp³-hybridized carbons (Fsp3) is 0.0244. The number of benzene rings is 5. The predicted molar refractivity (Wildman–Crippen MR) is 203 cm³/mol. The minimum absolute atomic E-state index is 0.535. The predicted octanol–water partition coefficient (Wildman–Crippen LogP) is 10.3. The van der Waals surface area contributed by atoms with E-state index in [1.165, 1.54) is 25.3 Å². The number of aromatic nitrogens is 6. The number of hydrogen-bond acceptors (Lipinski definition) is 10. The Morgan fingerprint density at radius 3 is 1.96 bits per heavy atom. The number of rotatable bonds is 6. The van der Waals surface area contributed by atoms with Crippen LogP contribution < -0.4 is 14.5 Å². The molecule has 0 aliphatic carbocycles. The van der Waals surface area contributed by atoms with Crippen molar-refractivity contribution >= 4 is 51.0 Å². The largest absolute Gasteiger partial charge is 0.453 e. The monoisotopic (exact) mass is 680 g/mol. The summed E-state index contributed by atoms with van der Waals surface area (Å²) in [6.07, 6.45) is 12.0.